The second-order valence-electron chi connectivity index (χ2n) is 4.21. The first-order valence-electron chi connectivity index (χ1n) is 5.76. The molecular weight excluding hydrogens is 266 g/mol. The average molecular weight is 286 g/mol. The smallest absolute Gasteiger partial charge is 0.0690 e. The van der Waals surface area contributed by atoms with Crippen molar-refractivity contribution in [2.75, 3.05) is 6.54 Å². The predicted molar refractivity (Wildman–Crippen MR) is 71.3 cm³/mol. The molecule has 0 saturated heterocycles. The van der Waals surface area contributed by atoms with E-state index in [9.17, 15) is 5.11 Å². The molecule has 1 aromatic carbocycles. The van der Waals surface area contributed by atoms with Gasteiger partial charge < -0.3 is 10.4 Å². The molecule has 1 aromatic rings. The Kier molecular flexibility index (Phi) is 6.03. The van der Waals surface area contributed by atoms with Crippen molar-refractivity contribution < 1.29 is 5.11 Å². The third-order valence-corrected chi connectivity index (χ3v) is 3.37. The summed E-state index contributed by atoms with van der Waals surface area (Å²) >= 11 is 3.44. The van der Waals surface area contributed by atoms with Gasteiger partial charge in [0.2, 0.25) is 0 Å². The fourth-order valence-electron chi connectivity index (χ4n) is 1.48. The van der Waals surface area contributed by atoms with Crippen molar-refractivity contribution in [1.29, 1.82) is 0 Å². The summed E-state index contributed by atoms with van der Waals surface area (Å²) in [6.45, 7) is 5.63. The summed E-state index contributed by atoms with van der Waals surface area (Å²) in [7, 11) is 0. The molecule has 0 aliphatic carbocycles. The molecule has 1 rings (SSSR count). The molecule has 2 atom stereocenters. The van der Waals surface area contributed by atoms with Crippen LogP contribution < -0.4 is 5.32 Å². The van der Waals surface area contributed by atoms with Gasteiger partial charge in [0, 0.05) is 17.6 Å². The summed E-state index contributed by atoms with van der Waals surface area (Å²) in [5, 5.41) is 13.1. The van der Waals surface area contributed by atoms with Crippen molar-refractivity contribution in [2.45, 2.75) is 32.9 Å². The first kappa shape index (κ1) is 13.7. The van der Waals surface area contributed by atoms with Crippen molar-refractivity contribution in [3.05, 3.63) is 34.3 Å². The Bertz CT molecular complexity index is 317. The molecular formula is C13H20BrNO. The van der Waals surface area contributed by atoms with Crippen LogP contribution in [-0.2, 0) is 6.54 Å². The van der Waals surface area contributed by atoms with Gasteiger partial charge in [-0.1, -0.05) is 48.3 Å². The minimum absolute atomic E-state index is 0.253. The molecule has 3 heteroatoms. The molecule has 2 nitrogen and oxygen atoms in total. The summed E-state index contributed by atoms with van der Waals surface area (Å²) in [6, 6.07) is 8.19. The fourth-order valence-corrected chi connectivity index (χ4v) is 1.93. The van der Waals surface area contributed by atoms with Crippen LogP contribution in [0.15, 0.2) is 28.7 Å². The quantitative estimate of drug-likeness (QED) is 0.842. The van der Waals surface area contributed by atoms with Crippen LogP contribution in [0.25, 0.3) is 0 Å². The van der Waals surface area contributed by atoms with Crippen molar-refractivity contribution in [3.8, 4) is 0 Å². The summed E-state index contributed by atoms with van der Waals surface area (Å²) in [5.41, 5.74) is 1.23. The van der Waals surface area contributed by atoms with Crippen molar-refractivity contribution in [1.82, 2.24) is 5.32 Å². The Balaban J connectivity index is 2.30. The number of halogens is 1. The zero-order valence-electron chi connectivity index (χ0n) is 9.91. The van der Waals surface area contributed by atoms with E-state index in [1.807, 2.05) is 12.1 Å². The molecule has 0 heterocycles. The van der Waals surface area contributed by atoms with E-state index in [0.717, 1.165) is 17.4 Å². The van der Waals surface area contributed by atoms with Gasteiger partial charge in [-0.05, 0) is 23.6 Å². The van der Waals surface area contributed by atoms with Crippen LogP contribution in [0.1, 0.15) is 25.8 Å². The highest BCUT2D eigenvalue weighted by Gasteiger charge is 2.10. The lowest BCUT2D eigenvalue weighted by Gasteiger charge is -2.17. The normalized spacial score (nSPS) is 14.8. The maximum absolute atomic E-state index is 9.78. The van der Waals surface area contributed by atoms with E-state index in [2.05, 4.69) is 47.2 Å². The van der Waals surface area contributed by atoms with Gasteiger partial charge in [-0.25, -0.2) is 0 Å². The number of aliphatic hydroxyl groups excluding tert-OH is 1. The molecule has 0 fully saturated rings. The number of rotatable bonds is 6. The van der Waals surface area contributed by atoms with E-state index < -0.39 is 0 Å². The molecule has 2 unspecified atom stereocenters. The molecule has 0 spiro atoms. The predicted octanol–water partition coefficient (Wildman–Crippen LogP) is 2.95. The Morgan fingerprint density at radius 1 is 1.44 bits per heavy atom. The Morgan fingerprint density at radius 3 is 2.81 bits per heavy atom. The van der Waals surface area contributed by atoms with Crippen molar-refractivity contribution in [2.24, 2.45) is 5.92 Å². The van der Waals surface area contributed by atoms with E-state index in [-0.39, 0.29) is 6.10 Å². The summed E-state index contributed by atoms with van der Waals surface area (Å²) in [5.74, 6) is 0.356. The molecule has 0 aliphatic rings. The number of hydrogen-bond donors (Lipinski definition) is 2. The molecule has 0 aliphatic heterocycles. The third-order valence-electron chi connectivity index (χ3n) is 2.87. The topological polar surface area (TPSA) is 32.3 Å². The number of nitrogens with one attached hydrogen (secondary N) is 1. The van der Waals surface area contributed by atoms with Gasteiger partial charge in [0.1, 0.15) is 0 Å². The van der Waals surface area contributed by atoms with Gasteiger partial charge in [-0.3, -0.25) is 0 Å². The maximum atomic E-state index is 9.78. The lowest BCUT2D eigenvalue weighted by atomic mass is 10.0. The SMILES string of the molecule is CCC(C)C(O)CNCc1cccc(Br)c1. The van der Waals surface area contributed by atoms with Crippen molar-refractivity contribution >= 4 is 15.9 Å². The highest BCUT2D eigenvalue weighted by Crippen LogP contribution is 2.11. The van der Waals surface area contributed by atoms with Crippen LogP contribution in [0.2, 0.25) is 0 Å². The van der Waals surface area contributed by atoms with Crippen LogP contribution in [0, 0.1) is 5.92 Å². The van der Waals surface area contributed by atoms with Gasteiger partial charge in [0.05, 0.1) is 6.10 Å². The second-order valence-corrected chi connectivity index (χ2v) is 5.13. The van der Waals surface area contributed by atoms with Crippen LogP contribution in [0.3, 0.4) is 0 Å². The zero-order chi connectivity index (χ0) is 12.0. The minimum Gasteiger partial charge on any atom is -0.392 e. The van der Waals surface area contributed by atoms with E-state index >= 15 is 0 Å². The Hall–Kier alpha value is -0.380. The highest BCUT2D eigenvalue weighted by atomic mass is 79.9. The summed E-state index contributed by atoms with van der Waals surface area (Å²) in [4.78, 5) is 0. The standard InChI is InChI=1S/C13H20BrNO/c1-3-10(2)13(16)9-15-8-11-5-4-6-12(14)7-11/h4-7,10,13,15-16H,3,8-9H2,1-2H3. The third kappa shape index (κ3) is 4.64. The van der Waals surface area contributed by atoms with Gasteiger partial charge in [-0.2, -0.15) is 0 Å². The lowest BCUT2D eigenvalue weighted by Crippen LogP contribution is -2.31. The molecule has 0 amide bonds. The molecule has 90 valence electrons. The van der Waals surface area contributed by atoms with Crippen LogP contribution in [-0.4, -0.2) is 17.8 Å². The zero-order valence-corrected chi connectivity index (χ0v) is 11.5. The van der Waals surface area contributed by atoms with E-state index in [4.69, 9.17) is 0 Å². The molecule has 2 N–H and O–H groups in total. The molecule has 0 bridgehead atoms. The largest absolute Gasteiger partial charge is 0.392 e. The lowest BCUT2D eigenvalue weighted by molar-refractivity contribution is 0.113. The highest BCUT2D eigenvalue weighted by molar-refractivity contribution is 9.10. The Labute approximate surface area is 106 Å². The Morgan fingerprint density at radius 2 is 2.19 bits per heavy atom. The number of hydrogen-bond acceptors (Lipinski definition) is 2. The first-order valence-corrected chi connectivity index (χ1v) is 6.56. The van der Waals surface area contributed by atoms with Gasteiger partial charge in [0.15, 0.2) is 0 Å². The van der Waals surface area contributed by atoms with Crippen molar-refractivity contribution in [3.63, 3.8) is 0 Å². The second kappa shape index (κ2) is 7.05. The maximum Gasteiger partial charge on any atom is 0.0690 e. The monoisotopic (exact) mass is 285 g/mol. The minimum atomic E-state index is -0.253. The summed E-state index contributed by atoms with van der Waals surface area (Å²) < 4.78 is 1.09. The van der Waals surface area contributed by atoms with E-state index in [1.54, 1.807) is 0 Å². The van der Waals surface area contributed by atoms with Gasteiger partial charge in [0.25, 0.3) is 0 Å². The van der Waals surface area contributed by atoms with E-state index in [1.165, 1.54) is 5.56 Å². The summed E-state index contributed by atoms with van der Waals surface area (Å²) in [6.07, 6.45) is 0.761. The van der Waals surface area contributed by atoms with Gasteiger partial charge in [-0.15, -0.1) is 0 Å². The number of benzene rings is 1. The molecule has 0 radical (unpaired) electrons. The molecule has 0 saturated carbocycles. The van der Waals surface area contributed by atoms with Gasteiger partial charge >= 0.3 is 0 Å². The average Bonchev–Trinajstić information content (AvgIpc) is 2.28. The first-order chi connectivity index (χ1) is 7.63. The van der Waals surface area contributed by atoms with Crippen LogP contribution in [0.5, 0.6) is 0 Å². The fraction of sp³-hybridized carbons (Fsp3) is 0.538. The van der Waals surface area contributed by atoms with Crippen LogP contribution in [0.4, 0.5) is 0 Å². The number of aliphatic hydroxyl groups is 1. The van der Waals surface area contributed by atoms with E-state index in [0.29, 0.717) is 12.5 Å². The molecule has 16 heavy (non-hydrogen) atoms. The molecule has 0 aromatic heterocycles. The van der Waals surface area contributed by atoms with Crippen LogP contribution >= 0.6 is 15.9 Å².